The summed E-state index contributed by atoms with van der Waals surface area (Å²) in [5.74, 6) is 0. The Bertz CT molecular complexity index is 3070. The van der Waals surface area contributed by atoms with Crippen molar-refractivity contribution in [2.75, 3.05) is 4.90 Å². The van der Waals surface area contributed by atoms with Crippen LogP contribution in [0, 0.1) is 0 Å². The first-order chi connectivity index (χ1) is 31.7. The lowest BCUT2D eigenvalue weighted by Gasteiger charge is -2.45. The molecule has 1 heteroatoms. The summed E-state index contributed by atoms with van der Waals surface area (Å²) in [6.07, 6.45) is 4.63. The molecule has 0 N–H and O–H groups in total. The predicted octanol–water partition coefficient (Wildman–Crippen LogP) is 17.6. The standard InChI is InChI=1S/C65H63N/c1-61(2)37-38-63(5,6)57-41-46(33-36-54(57)61)51-42-52-50-27-18-19-28-53(50)65(47-23-14-10-15-24-47,48-25-16-11-17-26-48)56(52)43-59(51)66(49-34-31-45(32-35-49)44-21-12-9-13-22-44)58-30-20-29-55-60(58)64(7,8)40-39-62(55,3)4/h9-36,41-43H,37-40H2,1-8H3. The maximum absolute atomic E-state index is 2.66. The van der Waals surface area contributed by atoms with Crippen molar-refractivity contribution >= 4 is 17.1 Å². The third kappa shape index (κ3) is 6.56. The summed E-state index contributed by atoms with van der Waals surface area (Å²) < 4.78 is 0. The van der Waals surface area contributed by atoms with E-state index in [2.05, 4.69) is 248 Å². The van der Waals surface area contributed by atoms with E-state index in [0.717, 1.165) is 18.5 Å². The SMILES string of the molecule is CC1(C)CCC(C)(C)c2cc(-c3cc4c(cc3N(c3ccc(-c5ccccc5)cc3)c3cccc5c3C(C)(C)CCC5(C)C)C(c3ccccc3)(c3ccccc3)c3ccccc3-4)ccc21. The minimum atomic E-state index is -0.552. The molecule has 0 amide bonds. The number of benzene rings is 8. The third-order valence-electron chi connectivity index (χ3n) is 16.3. The van der Waals surface area contributed by atoms with E-state index in [0.29, 0.717) is 0 Å². The van der Waals surface area contributed by atoms with Crippen LogP contribution in [0.3, 0.4) is 0 Å². The van der Waals surface area contributed by atoms with Gasteiger partial charge in [-0.15, -0.1) is 0 Å². The topological polar surface area (TPSA) is 3.24 Å². The molecule has 0 aromatic heterocycles. The summed E-state index contributed by atoms with van der Waals surface area (Å²) in [7, 11) is 0. The zero-order valence-corrected chi connectivity index (χ0v) is 40.2. The van der Waals surface area contributed by atoms with E-state index < -0.39 is 5.41 Å². The molecular weight excluding hydrogens is 795 g/mol. The average molecular weight is 858 g/mol. The molecule has 3 aliphatic carbocycles. The highest BCUT2D eigenvalue weighted by Gasteiger charge is 2.48. The molecule has 0 bridgehead atoms. The van der Waals surface area contributed by atoms with E-state index in [9.17, 15) is 0 Å². The number of rotatable bonds is 7. The van der Waals surface area contributed by atoms with Gasteiger partial charge in [-0.25, -0.2) is 0 Å². The largest absolute Gasteiger partial charge is 0.310 e. The zero-order valence-electron chi connectivity index (χ0n) is 40.2. The molecule has 0 spiro atoms. The first kappa shape index (κ1) is 42.2. The quantitative estimate of drug-likeness (QED) is 0.154. The molecule has 0 fully saturated rings. The van der Waals surface area contributed by atoms with Gasteiger partial charge in [-0.3, -0.25) is 0 Å². The molecule has 11 rings (SSSR count). The summed E-state index contributed by atoms with van der Waals surface area (Å²) >= 11 is 0. The molecular formula is C65H63N. The molecule has 66 heavy (non-hydrogen) atoms. The monoisotopic (exact) mass is 857 g/mol. The molecule has 328 valence electrons. The maximum atomic E-state index is 2.66. The van der Waals surface area contributed by atoms with E-state index in [1.165, 1.54) is 102 Å². The van der Waals surface area contributed by atoms with Crippen LogP contribution in [0.15, 0.2) is 188 Å². The smallest absolute Gasteiger partial charge is 0.0714 e. The Morgan fingerprint density at radius 3 is 1.48 bits per heavy atom. The van der Waals surface area contributed by atoms with Gasteiger partial charge in [-0.05, 0) is 150 Å². The summed E-state index contributed by atoms with van der Waals surface area (Å²) in [4.78, 5) is 2.66. The summed E-state index contributed by atoms with van der Waals surface area (Å²) in [6.45, 7) is 19.6. The van der Waals surface area contributed by atoms with Gasteiger partial charge in [0.1, 0.15) is 0 Å². The lowest BCUT2D eigenvalue weighted by Crippen LogP contribution is -2.35. The Hall–Kier alpha value is -6.44. The van der Waals surface area contributed by atoms with Crippen LogP contribution in [0.25, 0.3) is 33.4 Å². The molecule has 0 unspecified atom stereocenters. The number of hydrogen-bond donors (Lipinski definition) is 0. The Morgan fingerprint density at radius 1 is 0.318 bits per heavy atom. The highest BCUT2D eigenvalue weighted by Crippen LogP contribution is 2.60. The number of nitrogens with zero attached hydrogens (tertiary/aromatic N) is 1. The lowest BCUT2D eigenvalue weighted by atomic mass is 9.62. The first-order valence-corrected chi connectivity index (χ1v) is 24.4. The van der Waals surface area contributed by atoms with Gasteiger partial charge in [-0.2, -0.15) is 0 Å². The van der Waals surface area contributed by atoms with E-state index in [1.807, 2.05) is 0 Å². The van der Waals surface area contributed by atoms with Crippen LogP contribution in [0.5, 0.6) is 0 Å². The van der Waals surface area contributed by atoms with Gasteiger partial charge < -0.3 is 4.90 Å². The van der Waals surface area contributed by atoms with Crippen molar-refractivity contribution < 1.29 is 0 Å². The van der Waals surface area contributed by atoms with Crippen molar-refractivity contribution in [3.05, 3.63) is 233 Å². The maximum Gasteiger partial charge on any atom is 0.0714 e. The van der Waals surface area contributed by atoms with Gasteiger partial charge in [0.15, 0.2) is 0 Å². The molecule has 8 aromatic carbocycles. The molecule has 0 heterocycles. The van der Waals surface area contributed by atoms with Crippen LogP contribution in [0.1, 0.15) is 126 Å². The summed E-state index contributed by atoms with van der Waals surface area (Å²) in [6, 6.07) is 71.8. The summed E-state index contributed by atoms with van der Waals surface area (Å²) in [5, 5.41) is 0. The predicted molar refractivity (Wildman–Crippen MR) is 280 cm³/mol. The summed E-state index contributed by atoms with van der Waals surface area (Å²) in [5.41, 5.74) is 21.8. The average Bonchev–Trinajstić information content (AvgIpc) is 3.63. The fourth-order valence-corrected chi connectivity index (χ4v) is 12.4. The first-order valence-electron chi connectivity index (χ1n) is 24.4. The molecule has 0 saturated carbocycles. The van der Waals surface area contributed by atoms with Crippen LogP contribution in [0.4, 0.5) is 17.1 Å². The minimum Gasteiger partial charge on any atom is -0.310 e. The molecule has 0 saturated heterocycles. The number of hydrogen-bond acceptors (Lipinski definition) is 1. The Balaban J connectivity index is 1.29. The van der Waals surface area contributed by atoms with E-state index >= 15 is 0 Å². The highest BCUT2D eigenvalue weighted by atomic mass is 15.1. The van der Waals surface area contributed by atoms with Gasteiger partial charge in [-0.1, -0.05) is 213 Å². The molecule has 8 aromatic rings. The second kappa shape index (κ2) is 15.3. The molecule has 0 aliphatic heterocycles. The van der Waals surface area contributed by atoms with Gasteiger partial charge in [0.05, 0.1) is 16.8 Å². The second-order valence-corrected chi connectivity index (χ2v) is 22.2. The second-order valence-electron chi connectivity index (χ2n) is 22.2. The van der Waals surface area contributed by atoms with Gasteiger partial charge in [0.25, 0.3) is 0 Å². The normalized spacial score (nSPS) is 17.8. The van der Waals surface area contributed by atoms with Crippen molar-refractivity contribution in [1.82, 2.24) is 0 Å². The van der Waals surface area contributed by atoms with Crippen LogP contribution in [-0.2, 0) is 27.1 Å². The van der Waals surface area contributed by atoms with Gasteiger partial charge in [0.2, 0.25) is 0 Å². The van der Waals surface area contributed by atoms with Crippen molar-refractivity contribution in [1.29, 1.82) is 0 Å². The van der Waals surface area contributed by atoms with Crippen LogP contribution in [0.2, 0.25) is 0 Å². The van der Waals surface area contributed by atoms with Crippen molar-refractivity contribution in [2.24, 2.45) is 0 Å². The number of anilines is 3. The Morgan fingerprint density at radius 2 is 0.833 bits per heavy atom. The highest BCUT2D eigenvalue weighted by molar-refractivity contribution is 5.97. The molecule has 0 atom stereocenters. The zero-order chi connectivity index (χ0) is 45.6. The van der Waals surface area contributed by atoms with Crippen molar-refractivity contribution in [3.63, 3.8) is 0 Å². The minimum absolute atomic E-state index is 0.0404. The molecule has 1 nitrogen and oxygen atoms in total. The third-order valence-corrected chi connectivity index (χ3v) is 16.3. The van der Waals surface area contributed by atoms with Crippen molar-refractivity contribution in [2.45, 2.75) is 108 Å². The Kier molecular flexibility index (Phi) is 9.79. The van der Waals surface area contributed by atoms with Gasteiger partial charge in [0, 0.05) is 11.3 Å². The lowest BCUT2D eigenvalue weighted by molar-refractivity contribution is 0.332. The fourth-order valence-electron chi connectivity index (χ4n) is 12.4. The molecule has 3 aliphatic rings. The van der Waals surface area contributed by atoms with Crippen LogP contribution >= 0.6 is 0 Å². The van der Waals surface area contributed by atoms with Crippen molar-refractivity contribution in [3.8, 4) is 33.4 Å². The van der Waals surface area contributed by atoms with E-state index in [4.69, 9.17) is 0 Å². The molecule has 0 radical (unpaired) electrons. The van der Waals surface area contributed by atoms with E-state index in [-0.39, 0.29) is 21.7 Å². The Labute approximate surface area is 394 Å². The van der Waals surface area contributed by atoms with Crippen LogP contribution < -0.4 is 4.90 Å². The van der Waals surface area contributed by atoms with Gasteiger partial charge >= 0.3 is 0 Å². The van der Waals surface area contributed by atoms with E-state index in [1.54, 1.807) is 0 Å². The fraction of sp³-hybridized carbons (Fsp3) is 0.262. The number of fused-ring (bicyclic) bond motifs is 5. The van der Waals surface area contributed by atoms with Crippen LogP contribution in [-0.4, -0.2) is 0 Å².